The van der Waals surface area contributed by atoms with E-state index in [-0.39, 0.29) is 12.5 Å². The van der Waals surface area contributed by atoms with Gasteiger partial charge in [-0.25, -0.2) is 4.79 Å². The largest absolute Gasteiger partial charge is 0.508 e. The van der Waals surface area contributed by atoms with Crippen LogP contribution in [0.3, 0.4) is 0 Å². The summed E-state index contributed by atoms with van der Waals surface area (Å²) in [5.41, 5.74) is 9.77. The molecule has 2 aliphatic heterocycles. The molecule has 3 rings (SSSR count). The Balaban J connectivity index is 1.68. The third kappa shape index (κ3) is 3.39. The lowest BCUT2D eigenvalue weighted by Crippen LogP contribution is -2.33. The molecular formula is C15H17N3O5. The molecule has 0 amide bonds. The van der Waals surface area contributed by atoms with E-state index in [9.17, 15) is 4.79 Å². The summed E-state index contributed by atoms with van der Waals surface area (Å²) in [4.78, 5) is 14.0. The van der Waals surface area contributed by atoms with E-state index < -0.39 is 30.7 Å². The van der Waals surface area contributed by atoms with Crippen molar-refractivity contribution in [1.29, 1.82) is 0 Å². The number of nitrogens with zero attached hydrogens (tertiary/aromatic N) is 3. The summed E-state index contributed by atoms with van der Waals surface area (Å²) in [6, 6.07) is 9.13. The predicted molar refractivity (Wildman–Crippen MR) is 78.2 cm³/mol. The van der Waals surface area contributed by atoms with E-state index in [1.54, 1.807) is 0 Å². The first-order valence-corrected chi connectivity index (χ1v) is 7.37. The normalized spacial score (nSPS) is 32.9. The summed E-state index contributed by atoms with van der Waals surface area (Å²) in [5, 5.41) is 3.79. The SMILES string of the molecule is C[C@H]1C(N=[N+]=[N-])[C@@H](OCc2ccccc2)O[C@@H]1[C@@H]1COC(=O)O1. The van der Waals surface area contributed by atoms with Gasteiger partial charge < -0.3 is 18.9 Å². The summed E-state index contributed by atoms with van der Waals surface area (Å²) >= 11 is 0. The molecule has 8 heteroatoms. The summed E-state index contributed by atoms with van der Waals surface area (Å²) < 4.78 is 21.5. The monoisotopic (exact) mass is 319 g/mol. The highest BCUT2D eigenvalue weighted by Gasteiger charge is 2.49. The lowest BCUT2D eigenvalue weighted by Gasteiger charge is -2.19. The third-order valence-electron chi connectivity index (χ3n) is 4.05. The number of cyclic esters (lactones) is 2. The van der Waals surface area contributed by atoms with Gasteiger partial charge >= 0.3 is 6.16 Å². The topological polar surface area (TPSA) is 103 Å². The van der Waals surface area contributed by atoms with Crippen LogP contribution in [0.2, 0.25) is 0 Å². The Bertz CT molecular complexity index is 604. The molecule has 2 fully saturated rings. The predicted octanol–water partition coefficient (Wildman–Crippen LogP) is 2.78. The van der Waals surface area contributed by atoms with E-state index in [2.05, 4.69) is 10.0 Å². The van der Waals surface area contributed by atoms with Crippen LogP contribution in [-0.4, -0.2) is 37.3 Å². The van der Waals surface area contributed by atoms with Crippen LogP contribution >= 0.6 is 0 Å². The highest BCUT2D eigenvalue weighted by molar-refractivity contribution is 5.62. The maximum atomic E-state index is 11.1. The van der Waals surface area contributed by atoms with Crippen molar-refractivity contribution < 1.29 is 23.7 Å². The first-order chi connectivity index (χ1) is 11.2. The van der Waals surface area contributed by atoms with Crippen LogP contribution in [0.5, 0.6) is 0 Å². The van der Waals surface area contributed by atoms with Gasteiger partial charge in [-0.05, 0) is 17.0 Å². The Labute approximate surface area is 132 Å². The minimum absolute atomic E-state index is 0.127. The van der Waals surface area contributed by atoms with Crippen molar-refractivity contribution in [3.8, 4) is 0 Å². The van der Waals surface area contributed by atoms with Crippen molar-refractivity contribution in [1.82, 2.24) is 0 Å². The summed E-state index contributed by atoms with van der Waals surface area (Å²) in [6.07, 6.45) is -2.35. The summed E-state index contributed by atoms with van der Waals surface area (Å²) in [7, 11) is 0. The summed E-state index contributed by atoms with van der Waals surface area (Å²) in [6.45, 7) is 2.34. The fourth-order valence-electron chi connectivity index (χ4n) is 2.84. The molecule has 2 aliphatic rings. The molecule has 0 bridgehead atoms. The molecule has 0 radical (unpaired) electrons. The molecule has 5 atom stereocenters. The van der Waals surface area contributed by atoms with Crippen molar-refractivity contribution in [3.63, 3.8) is 0 Å². The van der Waals surface area contributed by atoms with Crippen LogP contribution in [-0.2, 0) is 25.6 Å². The van der Waals surface area contributed by atoms with Gasteiger partial charge in [-0.1, -0.05) is 42.4 Å². The Kier molecular flexibility index (Phi) is 4.66. The number of rotatable bonds is 5. The molecule has 0 saturated carbocycles. The van der Waals surface area contributed by atoms with Gasteiger partial charge in [0.15, 0.2) is 12.4 Å². The van der Waals surface area contributed by atoms with Gasteiger partial charge in [0.05, 0.1) is 12.6 Å². The average Bonchev–Trinajstić information content (AvgIpc) is 3.12. The van der Waals surface area contributed by atoms with E-state index in [1.165, 1.54) is 0 Å². The maximum absolute atomic E-state index is 11.1. The molecule has 2 saturated heterocycles. The summed E-state index contributed by atoms with van der Waals surface area (Å²) in [5.74, 6) is -0.161. The quantitative estimate of drug-likeness (QED) is 0.359. The van der Waals surface area contributed by atoms with E-state index in [4.69, 9.17) is 24.5 Å². The molecule has 0 N–H and O–H groups in total. The second-order valence-corrected chi connectivity index (χ2v) is 5.54. The molecule has 1 aromatic carbocycles. The molecule has 122 valence electrons. The van der Waals surface area contributed by atoms with Gasteiger partial charge in [-0.15, -0.1) is 0 Å². The van der Waals surface area contributed by atoms with Crippen molar-refractivity contribution >= 4 is 6.16 Å². The number of hydrogen-bond acceptors (Lipinski definition) is 6. The molecule has 8 nitrogen and oxygen atoms in total. The third-order valence-corrected chi connectivity index (χ3v) is 4.05. The van der Waals surface area contributed by atoms with E-state index >= 15 is 0 Å². The van der Waals surface area contributed by atoms with Crippen LogP contribution in [0.4, 0.5) is 4.79 Å². The second-order valence-electron chi connectivity index (χ2n) is 5.54. The molecule has 1 unspecified atom stereocenters. The van der Waals surface area contributed by atoms with Gasteiger partial charge in [0, 0.05) is 4.91 Å². The number of carbonyl (C=O) groups excluding carboxylic acids is 1. The zero-order valence-electron chi connectivity index (χ0n) is 12.6. The van der Waals surface area contributed by atoms with Crippen molar-refractivity contribution in [2.75, 3.05) is 6.61 Å². The Morgan fingerprint density at radius 3 is 2.83 bits per heavy atom. The zero-order chi connectivity index (χ0) is 16.2. The minimum atomic E-state index is -0.709. The fraction of sp³-hybridized carbons (Fsp3) is 0.533. The highest BCUT2D eigenvalue weighted by atomic mass is 16.8. The first kappa shape index (κ1) is 15.6. The number of azide groups is 1. The molecule has 0 aliphatic carbocycles. The van der Waals surface area contributed by atoms with Gasteiger partial charge in [0.1, 0.15) is 12.7 Å². The van der Waals surface area contributed by atoms with Crippen LogP contribution in [0.1, 0.15) is 12.5 Å². The first-order valence-electron chi connectivity index (χ1n) is 7.37. The van der Waals surface area contributed by atoms with Crippen LogP contribution in [0, 0.1) is 5.92 Å². The van der Waals surface area contributed by atoms with E-state index in [0.29, 0.717) is 6.61 Å². The lowest BCUT2D eigenvalue weighted by atomic mass is 9.96. The Morgan fingerprint density at radius 1 is 1.39 bits per heavy atom. The van der Waals surface area contributed by atoms with Crippen molar-refractivity contribution in [2.45, 2.75) is 38.1 Å². The maximum Gasteiger partial charge on any atom is 0.508 e. The number of hydrogen-bond donors (Lipinski definition) is 0. The van der Waals surface area contributed by atoms with Gasteiger partial charge in [0.2, 0.25) is 0 Å². The second kappa shape index (κ2) is 6.87. The Morgan fingerprint density at radius 2 is 2.17 bits per heavy atom. The zero-order valence-corrected chi connectivity index (χ0v) is 12.6. The molecule has 2 heterocycles. The molecule has 1 aromatic rings. The minimum Gasteiger partial charge on any atom is -0.430 e. The van der Waals surface area contributed by atoms with Gasteiger partial charge in [0.25, 0.3) is 0 Å². The van der Waals surface area contributed by atoms with Crippen LogP contribution < -0.4 is 0 Å². The molecule has 0 spiro atoms. The van der Waals surface area contributed by atoms with Gasteiger partial charge in [-0.2, -0.15) is 0 Å². The van der Waals surface area contributed by atoms with E-state index in [1.807, 2.05) is 37.3 Å². The smallest absolute Gasteiger partial charge is 0.430 e. The molecule has 0 aromatic heterocycles. The fourth-order valence-corrected chi connectivity index (χ4v) is 2.84. The van der Waals surface area contributed by atoms with Crippen LogP contribution in [0.15, 0.2) is 35.4 Å². The van der Waals surface area contributed by atoms with E-state index in [0.717, 1.165) is 5.56 Å². The average molecular weight is 319 g/mol. The van der Waals surface area contributed by atoms with Crippen LogP contribution in [0.25, 0.3) is 10.4 Å². The standard InChI is InChI=1S/C15H17N3O5/c1-9-12(17-18-16)14(20-7-10-5-3-2-4-6-10)23-13(9)11-8-21-15(19)22-11/h2-6,9,11-14H,7-8H2,1H3/t9-,11-,12?,13-,14-/m0/s1. The van der Waals surface area contributed by atoms with Crippen molar-refractivity contribution in [3.05, 3.63) is 46.3 Å². The molecule has 23 heavy (non-hydrogen) atoms. The Hall–Kier alpha value is -2.28. The van der Waals surface area contributed by atoms with Gasteiger partial charge in [-0.3, -0.25) is 0 Å². The lowest BCUT2D eigenvalue weighted by molar-refractivity contribution is -0.161. The van der Waals surface area contributed by atoms with Crippen molar-refractivity contribution in [2.24, 2.45) is 11.0 Å². The number of benzene rings is 1. The highest BCUT2D eigenvalue weighted by Crippen LogP contribution is 2.35. The molecular weight excluding hydrogens is 302 g/mol. The number of carbonyl (C=O) groups is 1. The number of ether oxygens (including phenoxy) is 4.